The molecule has 92 valence electrons. The molecule has 2 aromatic rings. The standard InChI is InChI=1S/C14H13NO2S/c1-17-14(16)12-10-6-8-4-2-3-5-9(8)7-11(10)18-13(12)15/h2-5H,6-7,15H2,1H3. The minimum absolute atomic E-state index is 0.329. The Morgan fingerprint density at radius 1 is 1.28 bits per heavy atom. The second-order valence-electron chi connectivity index (χ2n) is 4.36. The highest BCUT2D eigenvalue weighted by molar-refractivity contribution is 7.16. The fraction of sp³-hybridized carbons (Fsp3) is 0.214. The van der Waals surface area contributed by atoms with Crippen LogP contribution in [0.5, 0.6) is 0 Å². The van der Waals surface area contributed by atoms with E-state index in [-0.39, 0.29) is 5.97 Å². The molecule has 3 nitrogen and oxygen atoms in total. The predicted octanol–water partition coefficient (Wildman–Crippen LogP) is 2.61. The molecule has 0 amide bonds. The predicted molar refractivity (Wildman–Crippen MR) is 72.1 cm³/mol. The van der Waals surface area contributed by atoms with Crippen molar-refractivity contribution in [3.05, 3.63) is 51.4 Å². The third-order valence-corrected chi connectivity index (χ3v) is 4.41. The zero-order valence-electron chi connectivity index (χ0n) is 10.0. The molecule has 0 spiro atoms. The van der Waals surface area contributed by atoms with Crippen molar-refractivity contribution in [2.45, 2.75) is 12.8 Å². The van der Waals surface area contributed by atoms with Crippen LogP contribution in [0.15, 0.2) is 24.3 Å². The SMILES string of the molecule is COC(=O)c1c(N)sc2c1Cc1ccccc1C2. The summed E-state index contributed by atoms with van der Waals surface area (Å²) in [6.45, 7) is 0. The van der Waals surface area contributed by atoms with Crippen LogP contribution in [0.3, 0.4) is 0 Å². The quantitative estimate of drug-likeness (QED) is 0.683. The van der Waals surface area contributed by atoms with Gasteiger partial charge in [0.2, 0.25) is 0 Å². The van der Waals surface area contributed by atoms with Crippen molar-refractivity contribution in [3.63, 3.8) is 0 Å². The maximum absolute atomic E-state index is 11.8. The summed E-state index contributed by atoms with van der Waals surface area (Å²) in [5, 5.41) is 0.569. The highest BCUT2D eigenvalue weighted by Crippen LogP contribution is 2.38. The third-order valence-electron chi connectivity index (χ3n) is 3.34. The number of esters is 1. The van der Waals surface area contributed by atoms with E-state index in [0.29, 0.717) is 10.6 Å². The van der Waals surface area contributed by atoms with E-state index in [9.17, 15) is 4.79 Å². The lowest BCUT2D eigenvalue weighted by atomic mass is 9.89. The third kappa shape index (κ3) is 1.61. The van der Waals surface area contributed by atoms with Crippen molar-refractivity contribution < 1.29 is 9.53 Å². The number of methoxy groups -OCH3 is 1. The van der Waals surface area contributed by atoms with E-state index in [4.69, 9.17) is 10.5 Å². The fourth-order valence-corrected chi connectivity index (χ4v) is 3.55. The lowest BCUT2D eigenvalue weighted by Gasteiger charge is -2.16. The number of carbonyl (C=O) groups excluding carboxylic acids is 1. The molecule has 1 aromatic heterocycles. The molecule has 1 aromatic carbocycles. The van der Waals surface area contributed by atoms with Crippen LogP contribution in [0, 0.1) is 0 Å². The summed E-state index contributed by atoms with van der Waals surface area (Å²) in [6.07, 6.45) is 1.63. The average molecular weight is 259 g/mol. The van der Waals surface area contributed by atoms with Gasteiger partial charge in [0.1, 0.15) is 5.00 Å². The van der Waals surface area contributed by atoms with Crippen molar-refractivity contribution in [1.29, 1.82) is 0 Å². The Hall–Kier alpha value is -1.81. The number of hydrogen-bond acceptors (Lipinski definition) is 4. The summed E-state index contributed by atoms with van der Waals surface area (Å²) in [4.78, 5) is 13.0. The van der Waals surface area contributed by atoms with Gasteiger partial charge in [0.05, 0.1) is 12.7 Å². The highest BCUT2D eigenvalue weighted by Gasteiger charge is 2.26. The first-order chi connectivity index (χ1) is 8.70. The van der Waals surface area contributed by atoms with Crippen LogP contribution in [-0.2, 0) is 17.6 Å². The maximum atomic E-state index is 11.8. The molecule has 18 heavy (non-hydrogen) atoms. The lowest BCUT2D eigenvalue weighted by Crippen LogP contribution is -2.11. The van der Waals surface area contributed by atoms with Gasteiger partial charge in [0.25, 0.3) is 0 Å². The largest absolute Gasteiger partial charge is 0.465 e. The van der Waals surface area contributed by atoms with Crippen molar-refractivity contribution >= 4 is 22.3 Å². The van der Waals surface area contributed by atoms with Crippen LogP contribution in [-0.4, -0.2) is 13.1 Å². The van der Waals surface area contributed by atoms with E-state index in [1.165, 1.54) is 34.5 Å². The van der Waals surface area contributed by atoms with Gasteiger partial charge in [-0.15, -0.1) is 11.3 Å². The fourth-order valence-electron chi connectivity index (χ4n) is 2.45. The van der Waals surface area contributed by atoms with Crippen LogP contribution in [0.4, 0.5) is 5.00 Å². The van der Waals surface area contributed by atoms with Gasteiger partial charge < -0.3 is 10.5 Å². The average Bonchev–Trinajstić information content (AvgIpc) is 2.70. The van der Waals surface area contributed by atoms with Gasteiger partial charge in [-0.05, 0) is 23.1 Å². The molecular weight excluding hydrogens is 246 g/mol. The van der Waals surface area contributed by atoms with Gasteiger partial charge >= 0.3 is 5.97 Å². The molecule has 4 heteroatoms. The van der Waals surface area contributed by atoms with Gasteiger partial charge in [-0.3, -0.25) is 0 Å². The molecule has 2 N–H and O–H groups in total. The number of hydrogen-bond donors (Lipinski definition) is 1. The summed E-state index contributed by atoms with van der Waals surface area (Å²) in [6, 6.07) is 8.30. The Balaban J connectivity index is 2.11. The number of thiophene rings is 1. The van der Waals surface area contributed by atoms with E-state index in [0.717, 1.165) is 18.4 Å². The normalized spacial score (nSPS) is 12.7. The first kappa shape index (κ1) is 11.3. The number of ether oxygens (including phenoxy) is 1. The molecule has 3 rings (SSSR count). The summed E-state index contributed by atoms with van der Waals surface area (Å²) < 4.78 is 4.82. The molecule has 0 radical (unpaired) electrons. The van der Waals surface area contributed by atoms with Crippen LogP contribution in [0.25, 0.3) is 0 Å². The molecular formula is C14H13NO2S. The second kappa shape index (κ2) is 4.14. The van der Waals surface area contributed by atoms with Crippen molar-refractivity contribution in [2.75, 3.05) is 12.8 Å². The summed E-state index contributed by atoms with van der Waals surface area (Å²) in [5.74, 6) is -0.329. The van der Waals surface area contributed by atoms with Crippen LogP contribution in [0.1, 0.15) is 31.9 Å². The Labute approximate surface area is 109 Å². The lowest BCUT2D eigenvalue weighted by molar-refractivity contribution is 0.0601. The Morgan fingerprint density at radius 3 is 2.61 bits per heavy atom. The molecule has 0 saturated heterocycles. The van der Waals surface area contributed by atoms with E-state index in [2.05, 4.69) is 12.1 Å². The summed E-state index contributed by atoms with van der Waals surface area (Å²) >= 11 is 1.50. The minimum atomic E-state index is -0.329. The first-order valence-corrected chi connectivity index (χ1v) is 6.57. The number of anilines is 1. The zero-order valence-corrected chi connectivity index (χ0v) is 10.8. The monoisotopic (exact) mass is 259 g/mol. The van der Waals surface area contributed by atoms with Gasteiger partial charge in [-0.25, -0.2) is 4.79 Å². The van der Waals surface area contributed by atoms with Crippen LogP contribution < -0.4 is 5.73 Å². The molecule has 0 atom stereocenters. The highest BCUT2D eigenvalue weighted by atomic mass is 32.1. The van der Waals surface area contributed by atoms with Crippen molar-refractivity contribution in [3.8, 4) is 0 Å². The van der Waals surface area contributed by atoms with Crippen LogP contribution in [0.2, 0.25) is 0 Å². The topological polar surface area (TPSA) is 52.3 Å². The summed E-state index contributed by atoms with van der Waals surface area (Å²) in [5.41, 5.74) is 10.1. The molecule has 1 heterocycles. The van der Waals surface area contributed by atoms with E-state index >= 15 is 0 Å². The Morgan fingerprint density at radius 2 is 1.94 bits per heavy atom. The van der Waals surface area contributed by atoms with E-state index in [1.807, 2.05) is 12.1 Å². The molecule has 0 fully saturated rings. The zero-order chi connectivity index (χ0) is 12.7. The number of carbonyl (C=O) groups is 1. The van der Waals surface area contributed by atoms with E-state index < -0.39 is 0 Å². The van der Waals surface area contributed by atoms with Gasteiger partial charge in [0, 0.05) is 11.3 Å². The molecule has 0 aliphatic heterocycles. The molecule has 0 saturated carbocycles. The maximum Gasteiger partial charge on any atom is 0.341 e. The van der Waals surface area contributed by atoms with Gasteiger partial charge in [-0.1, -0.05) is 24.3 Å². The van der Waals surface area contributed by atoms with E-state index in [1.54, 1.807) is 0 Å². The molecule has 1 aliphatic carbocycles. The number of nitrogen functional groups attached to an aromatic ring is 1. The number of fused-ring (bicyclic) bond motifs is 2. The second-order valence-corrected chi connectivity index (χ2v) is 5.49. The van der Waals surface area contributed by atoms with Crippen molar-refractivity contribution in [1.82, 2.24) is 0 Å². The first-order valence-electron chi connectivity index (χ1n) is 5.75. The summed E-state index contributed by atoms with van der Waals surface area (Å²) in [7, 11) is 1.39. The number of benzene rings is 1. The minimum Gasteiger partial charge on any atom is -0.465 e. The van der Waals surface area contributed by atoms with Crippen LogP contribution >= 0.6 is 11.3 Å². The number of rotatable bonds is 1. The molecule has 0 bridgehead atoms. The Bertz CT molecular complexity index is 631. The molecule has 0 unspecified atom stereocenters. The van der Waals surface area contributed by atoms with Gasteiger partial charge in [0.15, 0.2) is 0 Å². The Kier molecular flexibility index (Phi) is 2.59. The molecule has 1 aliphatic rings. The van der Waals surface area contributed by atoms with Gasteiger partial charge in [-0.2, -0.15) is 0 Å². The smallest absolute Gasteiger partial charge is 0.341 e. The number of nitrogens with two attached hydrogens (primary N) is 1. The van der Waals surface area contributed by atoms with Crippen molar-refractivity contribution in [2.24, 2.45) is 0 Å².